The van der Waals surface area contributed by atoms with Crippen molar-refractivity contribution in [1.29, 1.82) is 0 Å². The molecule has 9 heteroatoms. The van der Waals surface area contributed by atoms with Gasteiger partial charge in [-0.15, -0.1) is 0 Å². The highest BCUT2D eigenvalue weighted by atomic mass is 19.4. The van der Waals surface area contributed by atoms with Gasteiger partial charge in [0.05, 0.1) is 24.4 Å². The number of hydrogen-bond acceptors (Lipinski definition) is 5. The molecular weight excluding hydrogens is 387 g/mol. The van der Waals surface area contributed by atoms with Crippen LogP contribution in [0.1, 0.15) is 29.1 Å². The largest absolute Gasteiger partial charge is 0.497 e. The predicted octanol–water partition coefficient (Wildman–Crippen LogP) is 4.07. The molecule has 1 N–H and O–H groups in total. The van der Waals surface area contributed by atoms with Crippen molar-refractivity contribution in [2.45, 2.75) is 19.1 Å². The van der Waals surface area contributed by atoms with E-state index in [0.717, 1.165) is 5.39 Å². The molecule has 0 fully saturated rings. The van der Waals surface area contributed by atoms with Gasteiger partial charge in [-0.1, -0.05) is 12.1 Å². The molecule has 0 aliphatic rings. The summed E-state index contributed by atoms with van der Waals surface area (Å²) in [5.74, 6) is 0.0844. The summed E-state index contributed by atoms with van der Waals surface area (Å²) >= 11 is 0. The molecule has 3 rings (SSSR count). The summed E-state index contributed by atoms with van der Waals surface area (Å²) in [6.45, 7) is 0.232. The number of pyridine rings is 2. The van der Waals surface area contributed by atoms with Gasteiger partial charge in [-0.3, -0.25) is 4.79 Å². The number of nitrogens with zero attached hydrogens (tertiary/aromatic N) is 2. The lowest BCUT2D eigenvalue weighted by atomic mass is 10.1. The van der Waals surface area contributed by atoms with Crippen molar-refractivity contribution in [3.8, 4) is 11.6 Å². The number of fused-ring (bicyclic) bond motifs is 1. The van der Waals surface area contributed by atoms with E-state index in [2.05, 4.69) is 20.0 Å². The van der Waals surface area contributed by atoms with Crippen molar-refractivity contribution >= 4 is 16.8 Å². The second kappa shape index (κ2) is 8.34. The van der Waals surface area contributed by atoms with Crippen LogP contribution in [0.5, 0.6) is 11.6 Å². The van der Waals surface area contributed by atoms with Crippen molar-refractivity contribution in [1.82, 2.24) is 15.3 Å². The maximum atomic E-state index is 12.5. The molecule has 0 radical (unpaired) electrons. The minimum Gasteiger partial charge on any atom is -0.497 e. The second-order valence-corrected chi connectivity index (χ2v) is 6.25. The zero-order chi connectivity index (χ0) is 21.0. The Kier molecular flexibility index (Phi) is 5.86. The summed E-state index contributed by atoms with van der Waals surface area (Å²) in [5, 5.41) is 3.56. The summed E-state index contributed by atoms with van der Waals surface area (Å²) in [6, 6.07) is 12.5. The molecule has 0 spiro atoms. The van der Waals surface area contributed by atoms with Crippen LogP contribution in [0, 0.1) is 0 Å². The number of carbonyl (C=O) groups excluding carboxylic acids is 1. The molecule has 2 heterocycles. The smallest absolute Gasteiger partial charge is 0.422 e. The number of nitrogens with one attached hydrogen (secondary N) is 1. The van der Waals surface area contributed by atoms with E-state index in [9.17, 15) is 18.0 Å². The quantitative estimate of drug-likeness (QED) is 0.669. The number of ether oxygens (including phenoxy) is 2. The minimum absolute atomic E-state index is 0.168. The summed E-state index contributed by atoms with van der Waals surface area (Å²) < 4.78 is 46.7. The first kappa shape index (κ1) is 20.4. The summed E-state index contributed by atoms with van der Waals surface area (Å²) in [5.41, 5.74) is 1.20. The SMILES string of the molecule is COc1ccc2nc(C(=O)N[C@H](C)c3cccc(OCC(F)(F)F)n3)ccc2c1. The third-order valence-corrected chi connectivity index (χ3v) is 4.05. The fraction of sp³-hybridized carbons (Fsp3) is 0.250. The van der Waals surface area contributed by atoms with E-state index in [1.165, 1.54) is 12.1 Å². The first-order valence-corrected chi connectivity index (χ1v) is 8.67. The van der Waals surface area contributed by atoms with Crippen LogP contribution in [0.3, 0.4) is 0 Å². The highest BCUT2D eigenvalue weighted by Crippen LogP contribution is 2.21. The van der Waals surface area contributed by atoms with E-state index in [1.807, 2.05) is 6.07 Å². The highest BCUT2D eigenvalue weighted by molar-refractivity contribution is 5.95. The zero-order valence-corrected chi connectivity index (χ0v) is 15.7. The van der Waals surface area contributed by atoms with Gasteiger partial charge in [0.2, 0.25) is 5.88 Å². The molecule has 1 atom stereocenters. The Labute approximate surface area is 164 Å². The molecule has 6 nitrogen and oxygen atoms in total. The lowest BCUT2D eigenvalue weighted by Crippen LogP contribution is -2.28. The van der Waals surface area contributed by atoms with Crippen molar-refractivity contribution in [2.24, 2.45) is 0 Å². The molecule has 0 unspecified atom stereocenters. The fourth-order valence-electron chi connectivity index (χ4n) is 2.61. The van der Waals surface area contributed by atoms with Gasteiger partial charge in [0.15, 0.2) is 6.61 Å². The Morgan fingerprint density at radius 3 is 2.66 bits per heavy atom. The third kappa shape index (κ3) is 5.34. The van der Waals surface area contributed by atoms with Gasteiger partial charge in [-0.25, -0.2) is 9.97 Å². The zero-order valence-electron chi connectivity index (χ0n) is 15.7. The van der Waals surface area contributed by atoms with E-state index >= 15 is 0 Å². The number of methoxy groups -OCH3 is 1. The molecular formula is C20H18F3N3O3. The van der Waals surface area contributed by atoms with E-state index in [-0.39, 0.29) is 11.6 Å². The van der Waals surface area contributed by atoms with Crippen LogP contribution in [0.15, 0.2) is 48.5 Å². The molecule has 29 heavy (non-hydrogen) atoms. The molecule has 3 aromatic rings. The number of amides is 1. The van der Waals surface area contributed by atoms with E-state index in [1.54, 1.807) is 44.4 Å². The van der Waals surface area contributed by atoms with Crippen LogP contribution in [-0.2, 0) is 0 Å². The number of carbonyl (C=O) groups is 1. The van der Waals surface area contributed by atoms with Crippen molar-refractivity contribution in [3.63, 3.8) is 0 Å². The number of benzene rings is 1. The van der Waals surface area contributed by atoms with Crippen LogP contribution in [0.25, 0.3) is 10.9 Å². The number of alkyl halides is 3. The highest BCUT2D eigenvalue weighted by Gasteiger charge is 2.28. The molecule has 0 aliphatic heterocycles. The first-order chi connectivity index (χ1) is 13.7. The predicted molar refractivity (Wildman–Crippen MR) is 100.0 cm³/mol. The normalized spacial score (nSPS) is 12.4. The number of rotatable bonds is 6. The van der Waals surface area contributed by atoms with Crippen LogP contribution in [-0.4, -0.2) is 35.8 Å². The van der Waals surface area contributed by atoms with Crippen LogP contribution >= 0.6 is 0 Å². The van der Waals surface area contributed by atoms with Crippen molar-refractivity contribution in [2.75, 3.05) is 13.7 Å². The van der Waals surface area contributed by atoms with Crippen molar-refractivity contribution in [3.05, 3.63) is 59.9 Å². The number of halogens is 3. The second-order valence-electron chi connectivity index (χ2n) is 6.25. The average molecular weight is 405 g/mol. The maximum Gasteiger partial charge on any atom is 0.422 e. The molecule has 2 aromatic heterocycles. The monoisotopic (exact) mass is 405 g/mol. The Balaban J connectivity index is 1.71. The molecule has 1 aromatic carbocycles. The van der Waals surface area contributed by atoms with Gasteiger partial charge in [0.1, 0.15) is 11.4 Å². The molecule has 0 bridgehead atoms. The molecule has 0 saturated carbocycles. The van der Waals surface area contributed by atoms with Gasteiger partial charge in [0, 0.05) is 11.5 Å². The van der Waals surface area contributed by atoms with Gasteiger partial charge in [-0.2, -0.15) is 13.2 Å². The summed E-state index contributed by atoms with van der Waals surface area (Å²) in [6.07, 6.45) is -4.46. The Morgan fingerprint density at radius 2 is 1.93 bits per heavy atom. The van der Waals surface area contributed by atoms with Crippen LogP contribution in [0.4, 0.5) is 13.2 Å². The number of aromatic nitrogens is 2. The lowest BCUT2D eigenvalue weighted by Gasteiger charge is -2.15. The molecule has 0 saturated heterocycles. The van der Waals surface area contributed by atoms with Gasteiger partial charge in [-0.05, 0) is 37.3 Å². The first-order valence-electron chi connectivity index (χ1n) is 8.67. The van der Waals surface area contributed by atoms with E-state index < -0.39 is 24.7 Å². The fourth-order valence-corrected chi connectivity index (χ4v) is 2.61. The Morgan fingerprint density at radius 1 is 1.14 bits per heavy atom. The average Bonchev–Trinajstić information content (AvgIpc) is 2.71. The van der Waals surface area contributed by atoms with Gasteiger partial charge >= 0.3 is 6.18 Å². The third-order valence-electron chi connectivity index (χ3n) is 4.05. The summed E-state index contributed by atoms with van der Waals surface area (Å²) in [7, 11) is 1.56. The van der Waals surface area contributed by atoms with Crippen molar-refractivity contribution < 1.29 is 27.4 Å². The Hall–Kier alpha value is -3.36. The van der Waals surface area contributed by atoms with Gasteiger partial charge in [0.25, 0.3) is 5.91 Å². The van der Waals surface area contributed by atoms with E-state index in [0.29, 0.717) is 17.0 Å². The molecule has 152 valence electrons. The molecule has 0 aliphatic carbocycles. The van der Waals surface area contributed by atoms with Crippen LogP contribution < -0.4 is 14.8 Å². The minimum atomic E-state index is -4.46. The lowest BCUT2D eigenvalue weighted by molar-refractivity contribution is -0.154. The summed E-state index contributed by atoms with van der Waals surface area (Å²) in [4.78, 5) is 20.9. The van der Waals surface area contributed by atoms with Crippen LogP contribution in [0.2, 0.25) is 0 Å². The van der Waals surface area contributed by atoms with E-state index in [4.69, 9.17) is 4.74 Å². The maximum absolute atomic E-state index is 12.5. The standard InChI is InChI=1S/C20H18F3N3O3/c1-12(15-4-3-5-18(26-15)29-11-20(21,22)23)24-19(27)17-8-6-13-10-14(28-2)7-9-16(13)25-17/h3-10,12H,11H2,1-2H3,(H,24,27)/t12-/m1/s1. The molecule has 1 amide bonds. The van der Waals surface area contributed by atoms with Gasteiger partial charge < -0.3 is 14.8 Å². The Bertz CT molecular complexity index is 1020. The topological polar surface area (TPSA) is 73.3 Å². The number of hydrogen-bond donors (Lipinski definition) is 1.